The van der Waals surface area contributed by atoms with Gasteiger partial charge in [0.1, 0.15) is 10.0 Å². The number of nitrogens with two attached hydrogens (primary N) is 1. The average Bonchev–Trinajstić information content (AvgIpc) is 2.61. The van der Waals surface area contributed by atoms with Gasteiger partial charge in [-0.1, -0.05) is 53.2 Å². The summed E-state index contributed by atoms with van der Waals surface area (Å²) in [5.41, 5.74) is 4.34. The van der Waals surface area contributed by atoms with E-state index in [1.54, 1.807) is 0 Å². The van der Waals surface area contributed by atoms with E-state index in [4.69, 9.17) is 33.7 Å². The van der Waals surface area contributed by atoms with Crippen molar-refractivity contribution in [3.8, 4) is 5.88 Å². The van der Waals surface area contributed by atoms with E-state index in [1.165, 1.54) is 25.1 Å². The minimum absolute atomic E-state index is 0.0477. The second-order valence-electron chi connectivity index (χ2n) is 5.27. The predicted octanol–water partition coefficient (Wildman–Crippen LogP) is 5.36. The highest BCUT2D eigenvalue weighted by Gasteiger charge is 2.33. The first-order chi connectivity index (χ1) is 12.5. The Morgan fingerprint density at radius 1 is 1.30 bits per heavy atom. The van der Waals surface area contributed by atoms with Crippen LogP contribution in [0, 0.1) is 5.95 Å². The summed E-state index contributed by atoms with van der Waals surface area (Å²) in [6.45, 7) is 1.33. The number of pyridine rings is 1. The fourth-order valence-electron chi connectivity index (χ4n) is 1.99. The molecule has 0 spiro atoms. The molecule has 0 aliphatic carbocycles. The van der Waals surface area contributed by atoms with Gasteiger partial charge in [-0.05, 0) is 18.6 Å². The third-order valence-electron chi connectivity index (χ3n) is 3.35. The van der Waals surface area contributed by atoms with Gasteiger partial charge in [0, 0.05) is 5.75 Å². The van der Waals surface area contributed by atoms with Gasteiger partial charge in [0.05, 0.1) is 11.3 Å². The van der Waals surface area contributed by atoms with Crippen LogP contribution in [-0.2, 0) is 16.7 Å². The van der Waals surface area contributed by atoms with Crippen molar-refractivity contribution in [2.24, 2.45) is 0 Å². The Morgan fingerprint density at radius 2 is 1.93 bits per heavy atom. The van der Waals surface area contributed by atoms with Gasteiger partial charge in [0.25, 0.3) is 0 Å². The van der Waals surface area contributed by atoms with Crippen molar-refractivity contribution in [3.63, 3.8) is 0 Å². The van der Waals surface area contributed by atoms with E-state index in [1.807, 2.05) is 0 Å². The maximum Gasteiger partial charge on any atom is 0.416 e. The average molecular weight is 443 g/mol. The summed E-state index contributed by atoms with van der Waals surface area (Å²) in [5, 5.41) is -1.35. The van der Waals surface area contributed by atoms with E-state index in [2.05, 4.69) is 4.98 Å². The number of carbonyl (C=O) groups excluding carboxylic acids is 1. The molecule has 0 saturated heterocycles. The lowest BCUT2D eigenvalue weighted by molar-refractivity contribution is -0.138. The summed E-state index contributed by atoms with van der Waals surface area (Å²) in [7, 11) is 0. The molecule has 146 valence electrons. The molecule has 2 rings (SSSR count). The lowest BCUT2D eigenvalue weighted by Gasteiger charge is -2.16. The molecule has 11 heteroatoms. The Hall–Kier alpha value is -1.71. The van der Waals surface area contributed by atoms with Crippen LogP contribution in [0.15, 0.2) is 24.3 Å². The number of anilines is 1. The number of halogens is 6. The Balaban J connectivity index is 2.08. The first-order valence-corrected chi connectivity index (χ1v) is 9.04. The van der Waals surface area contributed by atoms with E-state index < -0.39 is 39.8 Å². The van der Waals surface area contributed by atoms with Crippen molar-refractivity contribution in [1.82, 2.24) is 4.98 Å². The molecule has 0 fully saturated rings. The predicted molar refractivity (Wildman–Crippen MR) is 96.5 cm³/mol. The van der Waals surface area contributed by atoms with Crippen LogP contribution in [0.3, 0.4) is 0 Å². The number of aromatic nitrogens is 1. The SMILES string of the molecule is C[C@@H](Oc1nc(F)c(Cl)c(N)c1Cl)C(=O)SCc1ccccc1C(F)(F)F. The summed E-state index contributed by atoms with van der Waals surface area (Å²) in [6, 6.07) is 4.92. The standard InChI is InChI=1S/C16H12Cl2F4N2O2S/c1-7(26-14-11(18)12(23)10(17)13(19)24-14)15(25)27-6-8-4-2-3-5-9(8)16(20,21)22/h2-5,7H,6H2,1H3,(H2,23,24)/t7-/m1/s1. The molecule has 2 N–H and O–H groups in total. The van der Waals surface area contributed by atoms with Crippen LogP contribution in [0.2, 0.25) is 10.0 Å². The van der Waals surface area contributed by atoms with Crippen molar-refractivity contribution >= 4 is 45.8 Å². The number of nitrogens with zero attached hydrogens (tertiary/aromatic N) is 1. The molecule has 0 aliphatic rings. The van der Waals surface area contributed by atoms with Crippen molar-refractivity contribution in [2.45, 2.75) is 25.0 Å². The summed E-state index contributed by atoms with van der Waals surface area (Å²) >= 11 is 12.0. The van der Waals surface area contributed by atoms with Gasteiger partial charge in [0.2, 0.25) is 16.9 Å². The fourth-order valence-corrected chi connectivity index (χ4v) is 3.19. The zero-order valence-electron chi connectivity index (χ0n) is 13.6. The molecule has 0 radical (unpaired) electrons. The van der Waals surface area contributed by atoms with E-state index in [9.17, 15) is 22.4 Å². The zero-order valence-corrected chi connectivity index (χ0v) is 15.9. The molecule has 1 atom stereocenters. The molecule has 2 aromatic rings. The zero-order chi connectivity index (χ0) is 20.4. The Labute approximate surface area is 166 Å². The maximum absolute atomic E-state index is 13.5. The van der Waals surface area contributed by atoms with Crippen molar-refractivity contribution < 1.29 is 27.1 Å². The number of rotatable bonds is 5. The molecule has 0 aliphatic heterocycles. The smallest absolute Gasteiger partial charge is 0.416 e. The first kappa shape index (κ1) is 21.6. The van der Waals surface area contributed by atoms with E-state index in [0.717, 1.165) is 6.07 Å². The molecule has 1 aromatic heterocycles. The summed E-state index contributed by atoms with van der Waals surface area (Å²) in [6.07, 6.45) is -5.70. The lowest BCUT2D eigenvalue weighted by Crippen LogP contribution is -2.22. The van der Waals surface area contributed by atoms with Gasteiger partial charge >= 0.3 is 6.18 Å². The minimum Gasteiger partial charge on any atom is -0.464 e. The molecule has 27 heavy (non-hydrogen) atoms. The van der Waals surface area contributed by atoms with Crippen LogP contribution in [0.5, 0.6) is 5.88 Å². The highest BCUT2D eigenvalue weighted by Crippen LogP contribution is 2.36. The number of nitrogen functional groups attached to an aromatic ring is 1. The van der Waals surface area contributed by atoms with Crippen molar-refractivity contribution in [2.75, 3.05) is 5.73 Å². The van der Waals surface area contributed by atoms with Gasteiger partial charge in [-0.2, -0.15) is 22.5 Å². The molecule has 1 heterocycles. The van der Waals surface area contributed by atoms with Crippen LogP contribution in [0.4, 0.5) is 23.2 Å². The van der Waals surface area contributed by atoms with Crippen LogP contribution in [0.25, 0.3) is 0 Å². The number of hydrogen-bond donors (Lipinski definition) is 1. The molecule has 0 bridgehead atoms. The van der Waals surface area contributed by atoms with Crippen molar-refractivity contribution in [3.05, 3.63) is 51.4 Å². The van der Waals surface area contributed by atoms with Gasteiger partial charge in [-0.25, -0.2) is 0 Å². The molecular weight excluding hydrogens is 431 g/mol. The Kier molecular flexibility index (Phi) is 6.82. The Morgan fingerprint density at radius 3 is 2.56 bits per heavy atom. The van der Waals surface area contributed by atoms with Gasteiger partial charge in [-0.15, -0.1) is 0 Å². The lowest BCUT2D eigenvalue weighted by atomic mass is 10.1. The van der Waals surface area contributed by atoms with Gasteiger partial charge in [-0.3, -0.25) is 4.79 Å². The maximum atomic E-state index is 13.5. The summed E-state index contributed by atoms with van der Waals surface area (Å²) < 4.78 is 57.6. The topological polar surface area (TPSA) is 65.2 Å². The highest BCUT2D eigenvalue weighted by molar-refractivity contribution is 8.13. The monoisotopic (exact) mass is 442 g/mol. The molecule has 0 unspecified atom stereocenters. The van der Waals surface area contributed by atoms with Crippen molar-refractivity contribution in [1.29, 1.82) is 0 Å². The fraction of sp³-hybridized carbons (Fsp3) is 0.250. The van der Waals surface area contributed by atoms with E-state index in [-0.39, 0.29) is 22.0 Å². The number of carbonyl (C=O) groups is 1. The van der Waals surface area contributed by atoms with E-state index in [0.29, 0.717) is 11.8 Å². The molecular formula is C16H12Cl2F4N2O2S. The second kappa shape index (κ2) is 8.53. The normalized spacial score (nSPS) is 12.7. The quantitative estimate of drug-likeness (QED) is 0.498. The number of alkyl halides is 3. The number of benzene rings is 1. The van der Waals surface area contributed by atoms with Crippen LogP contribution >= 0.6 is 35.0 Å². The first-order valence-electron chi connectivity index (χ1n) is 7.30. The largest absolute Gasteiger partial charge is 0.464 e. The van der Waals surface area contributed by atoms with Crippen LogP contribution in [0.1, 0.15) is 18.1 Å². The molecule has 1 aromatic carbocycles. The minimum atomic E-state index is -4.53. The highest BCUT2D eigenvalue weighted by atomic mass is 35.5. The molecule has 0 saturated carbocycles. The number of hydrogen-bond acceptors (Lipinski definition) is 5. The van der Waals surface area contributed by atoms with Gasteiger partial charge in [0.15, 0.2) is 6.10 Å². The van der Waals surface area contributed by atoms with Gasteiger partial charge < -0.3 is 10.5 Å². The third kappa shape index (κ3) is 5.18. The van der Waals surface area contributed by atoms with E-state index >= 15 is 0 Å². The van der Waals surface area contributed by atoms with Crippen LogP contribution < -0.4 is 10.5 Å². The van der Waals surface area contributed by atoms with Crippen LogP contribution in [-0.4, -0.2) is 16.2 Å². The third-order valence-corrected chi connectivity index (χ3v) is 5.15. The number of ether oxygens (including phenoxy) is 1. The molecule has 0 amide bonds. The summed E-state index contributed by atoms with van der Waals surface area (Å²) in [4.78, 5) is 15.5. The molecule has 4 nitrogen and oxygen atoms in total. The summed E-state index contributed by atoms with van der Waals surface area (Å²) in [5.74, 6) is -1.78. The second-order valence-corrected chi connectivity index (χ2v) is 7.01. The Bertz CT molecular complexity index is 865. The number of thioether (sulfide) groups is 1.